The summed E-state index contributed by atoms with van der Waals surface area (Å²) in [4.78, 5) is 10.6. The first-order chi connectivity index (χ1) is 8.20. The van der Waals surface area contributed by atoms with Crippen LogP contribution in [0.5, 0.6) is 0 Å². The van der Waals surface area contributed by atoms with E-state index in [4.69, 9.17) is 0 Å². The van der Waals surface area contributed by atoms with Gasteiger partial charge in [0.1, 0.15) is 0 Å². The quantitative estimate of drug-likeness (QED) is 0.593. The average Bonchev–Trinajstić information content (AvgIpc) is 2.39. The van der Waals surface area contributed by atoms with Crippen LogP contribution in [0.1, 0.15) is 18.1 Å². The lowest BCUT2D eigenvalue weighted by Gasteiger charge is -2.11. The number of hydrogen-bond donors (Lipinski definition) is 0. The zero-order valence-electron chi connectivity index (χ0n) is 9.46. The third-order valence-electron chi connectivity index (χ3n) is 2.71. The molecule has 0 fully saturated rings. The van der Waals surface area contributed by atoms with Gasteiger partial charge in [0.25, 0.3) is 5.69 Å². The van der Waals surface area contributed by atoms with Gasteiger partial charge in [-0.05, 0) is 12.5 Å². The molecule has 0 N–H and O–H groups in total. The van der Waals surface area contributed by atoms with E-state index in [1.165, 1.54) is 6.07 Å². The van der Waals surface area contributed by atoms with E-state index in [1.807, 2.05) is 43.3 Å². The standard InChI is InChI=1S/C14H12NO2/c1-11(12-7-3-2-4-8-12)13-9-5-6-10-14(13)15(16)17/h2-10H,1H3. The number of benzene rings is 2. The van der Waals surface area contributed by atoms with Gasteiger partial charge >= 0.3 is 0 Å². The second-order valence-electron chi connectivity index (χ2n) is 3.77. The van der Waals surface area contributed by atoms with Crippen molar-refractivity contribution >= 4 is 5.69 Å². The van der Waals surface area contributed by atoms with Crippen molar-refractivity contribution in [1.29, 1.82) is 0 Å². The molecule has 17 heavy (non-hydrogen) atoms. The highest BCUT2D eigenvalue weighted by Crippen LogP contribution is 2.29. The van der Waals surface area contributed by atoms with Gasteiger partial charge in [-0.2, -0.15) is 0 Å². The summed E-state index contributed by atoms with van der Waals surface area (Å²) in [5.74, 6) is 0.915. The molecule has 0 aliphatic rings. The van der Waals surface area contributed by atoms with E-state index < -0.39 is 0 Å². The molecule has 2 rings (SSSR count). The minimum atomic E-state index is -0.345. The summed E-state index contributed by atoms with van der Waals surface area (Å²) in [7, 11) is 0. The van der Waals surface area contributed by atoms with E-state index in [-0.39, 0.29) is 10.6 Å². The van der Waals surface area contributed by atoms with Gasteiger partial charge in [-0.1, -0.05) is 48.5 Å². The van der Waals surface area contributed by atoms with Crippen LogP contribution < -0.4 is 0 Å². The van der Waals surface area contributed by atoms with Gasteiger partial charge < -0.3 is 0 Å². The van der Waals surface area contributed by atoms with Gasteiger partial charge in [0.15, 0.2) is 0 Å². The summed E-state index contributed by atoms with van der Waals surface area (Å²) in [5, 5.41) is 10.9. The smallest absolute Gasteiger partial charge is 0.258 e. The molecule has 85 valence electrons. The maximum absolute atomic E-state index is 10.9. The summed E-state index contributed by atoms with van der Waals surface area (Å²) in [5.41, 5.74) is 1.82. The molecule has 1 radical (unpaired) electrons. The first-order valence-corrected chi connectivity index (χ1v) is 5.33. The van der Waals surface area contributed by atoms with Crippen molar-refractivity contribution in [3.05, 3.63) is 81.8 Å². The van der Waals surface area contributed by atoms with Crippen LogP contribution in [0.4, 0.5) is 5.69 Å². The zero-order chi connectivity index (χ0) is 12.3. The maximum Gasteiger partial charge on any atom is 0.273 e. The van der Waals surface area contributed by atoms with E-state index in [2.05, 4.69) is 0 Å². The molecule has 3 nitrogen and oxygen atoms in total. The molecule has 0 aliphatic carbocycles. The Kier molecular flexibility index (Phi) is 3.19. The summed E-state index contributed by atoms with van der Waals surface area (Å²) >= 11 is 0. The predicted octanol–water partition coefficient (Wildman–Crippen LogP) is 3.59. The van der Waals surface area contributed by atoms with Crippen molar-refractivity contribution in [2.24, 2.45) is 0 Å². The largest absolute Gasteiger partial charge is 0.273 e. The Morgan fingerprint density at radius 2 is 1.59 bits per heavy atom. The molecule has 0 atom stereocenters. The molecule has 0 bridgehead atoms. The number of nitro benzene ring substituents is 1. The van der Waals surface area contributed by atoms with E-state index in [0.717, 1.165) is 11.5 Å². The topological polar surface area (TPSA) is 43.1 Å². The highest BCUT2D eigenvalue weighted by Gasteiger charge is 2.19. The van der Waals surface area contributed by atoms with Crippen molar-refractivity contribution in [2.75, 3.05) is 0 Å². The Bertz CT molecular complexity index is 523. The predicted molar refractivity (Wildman–Crippen MR) is 66.7 cm³/mol. The van der Waals surface area contributed by atoms with Gasteiger partial charge in [0.2, 0.25) is 0 Å². The summed E-state index contributed by atoms with van der Waals surface area (Å²) < 4.78 is 0. The average molecular weight is 226 g/mol. The summed E-state index contributed by atoms with van der Waals surface area (Å²) in [6.45, 7) is 1.90. The molecule has 0 aromatic heterocycles. The van der Waals surface area contributed by atoms with E-state index in [0.29, 0.717) is 5.56 Å². The van der Waals surface area contributed by atoms with Crippen LogP contribution in [0.25, 0.3) is 0 Å². The molecular formula is C14H12NO2. The first-order valence-electron chi connectivity index (χ1n) is 5.33. The Hall–Kier alpha value is -2.16. The number of rotatable bonds is 3. The third kappa shape index (κ3) is 2.33. The molecule has 2 aromatic rings. The summed E-state index contributed by atoms with van der Waals surface area (Å²) in [6.07, 6.45) is 0. The fourth-order valence-corrected chi connectivity index (χ4v) is 1.79. The van der Waals surface area contributed by atoms with E-state index in [9.17, 15) is 10.1 Å². The van der Waals surface area contributed by atoms with Crippen molar-refractivity contribution in [2.45, 2.75) is 6.92 Å². The molecule has 0 unspecified atom stereocenters. The maximum atomic E-state index is 10.9. The Morgan fingerprint density at radius 3 is 2.24 bits per heavy atom. The van der Waals surface area contributed by atoms with Crippen LogP contribution in [0.15, 0.2) is 54.6 Å². The van der Waals surface area contributed by atoms with Crippen molar-refractivity contribution in [1.82, 2.24) is 0 Å². The van der Waals surface area contributed by atoms with Gasteiger partial charge in [-0.25, -0.2) is 0 Å². The van der Waals surface area contributed by atoms with Gasteiger partial charge in [0, 0.05) is 17.5 Å². The molecule has 0 aliphatic heterocycles. The van der Waals surface area contributed by atoms with Gasteiger partial charge in [-0.15, -0.1) is 0 Å². The highest BCUT2D eigenvalue weighted by molar-refractivity contribution is 5.54. The number of nitrogens with zero attached hydrogens (tertiary/aromatic N) is 1. The van der Waals surface area contributed by atoms with Crippen LogP contribution in [-0.4, -0.2) is 4.92 Å². The van der Waals surface area contributed by atoms with Crippen molar-refractivity contribution < 1.29 is 4.92 Å². The molecule has 3 heteroatoms. The minimum Gasteiger partial charge on any atom is -0.258 e. The van der Waals surface area contributed by atoms with Gasteiger partial charge in [-0.3, -0.25) is 10.1 Å². The normalized spacial score (nSPS) is 10.5. The molecular weight excluding hydrogens is 214 g/mol. The lowest BCUT2D eigenvalue weighted by molar-refractivity contribution is -0.385. The molecule has 0 spiro atoms. The van der Waals surface area contributed by atoms with Crippen LogP contribution >= 0.6 is 0 Å². The zero-order valence-corrected chi connectivity index (χ0v) is 9.46. The van der Waals surface area contributed by atoms with Crippen LogP contribution in [0, 0.1) is 16.0 Å². The summed E-state index contributed by atoms with van der Waals surface area (Å²) in [6, 6.07) is 16.5. The minimum absolute atomic E-state index is 0.147. The molecule has 0 heterocycles. The number of hydrogen-bond acceptors (Lipinski definition) is 2. The van der Waals surface area contributed by atoms with Crippen molar-refractivity contribution in [3.8, 4) is 0 Å². The second-order valence-corrected chi connectivity index (χ2v) is 3.77. The van der Waals surface area contributed by atoms with Gasteiger partial charge in [0.05, 0.1) is 4.92 Å². The fourth-order valence-electron chi connectivity index (χ4n) is 1.79. The monoisotopic (exact) mass is 226 g/mol. The Balaban J connectivity index is 2.44. The lowest BCUT2D eigenvalue weighted by Crippen LogP contribution is -2.01. The number of nitro groups is 1. The third-order valence-corrected chi connectivity index (χ3v) is 2.71. The lowest BCUT2D eigenvalue weighted by atomic mass is 9.92. The molecule has 2 aromatic carbocycles. The van der Waals surface area contributed by atoms with Crippen LogP contribution in [0.2, 0.25) is 0 Å². The second kappa shape index (κ2) is 4.78. The van der Waals surface area contributed by atoms with E-state index >= 15 is 0 Å². The van der Waals surface area contributed by atoms with E-state index in [1.54, 1.807) is 12.1 Å². The first kappa shape index (κ1) is 11.3. The fraction of sp³-hybridized carbons (Fsp3) is 0.0714. The Morgan fingerprint density at radius 1 is 1.00 bits per heavy atom. The molecule has 0 saturated carbocycles. The SMILES string of the molecule is C[C](c1ccccc1)c1ccccc1[N+](=O)[O-]. The molecule has 0 amide bonds. The molecule has 0 saturated heterocycles. The Labute approximate surface area is 99.9 Å². The highest BCUT2D eigenvalue weighted by atomic mass is 16.6. The van der Waals surface area contributed by atoms with Crippen LogP contribution in [0.3, 0.4) is 0 Å². The van der Waals surface area contributed by atoms with Crippen molar-refractivity contribution in [3.63, 3.8) is 0 Å². The number of para-hydroxylation sites is 1. The van der Waals surface area contributed by atoms with Crippen LogP contribution in [-0.2, 0) is 0 Å².